The molecule has 0 saturated carbocycles. The molecule has 0 aliphatic rings. The molecule has 9 aromatic rings. The Kier molecular flexibility index (Phi) is 5.07. The van der Waals surface area contributed by atoms with Crippen LogP contribution in [0.1, 0.15) is 11.0 Å². The lowest BCUT2D eigenvalue weighted by atomic mass is 9.98. The minimum Gasteiger partial charge on any atom is -0.455 e. The van der Waals surface area contributed by atoms with Crippen LogP contribution in [0.2, 0.25) is 0 Å². The second-order valence-electron chi connectivity index (χ2n) is 11.5. The van der Waals surface area contributed by atoms with Crippen LogP contribution in [0.15, 0.2) is 192 Å². The summed E-state index contributed by atoms with van der Waals surface area (Å²) >= 11 is 0. The second-order valence-corrected chi connectivity index (χ2v) is 11.5. The van der Waals surface area contributed by atoms with Crippen LogP contribution < -0.4 is 4.90 Å². The van der Waals surface area contributed by atoms with Gasteiger partial charge in [0.05, 0.1) is 11.0 Å². The van der Waals surface area contributed by atoms with E-state index in [4.69, 9.17) is 7.16 Å². The largest absolute Gasteiger partial charge is 0.455 e. The minimum atomic E-state index is -0.394. The lowest BCUT2D eigenvalue weighted by Gasteiger charge is -2.26. The molecule has 0 aliphatic carbocycles. The van der Waals surface area contributed by atoms with Gasteiger partial charge in [0.2, 0.25) is 0 Å². The molecule has 9 rings (SSSR count). The zero-order valence-electron chi connectivity index (χ0n) is 33.6. The summed E-state index contributed by atoms with van der Waals surface area (Å²) in [5.74, 6) is 0. The maximum Gasteiger partial charge on any atom is 0.143 e. The molecule has 0 bridgehead atoms. The Bertz CT molecular complexity index is 2950. The SMILES string of the molecule is [2H]c1c([2H])c(N(c2ccc(-c3cccc4c3oc3ccccc34)cc2)c2c([2H])c([2H])c(-c3cccc4ccccc34)c([2H])c2[2H])c([2H])c([2H])c1-c1ccccc1. The Morgan fingerprint density at radius 2 is 0.958 bits per heavy atom. The summed E-state index contributed by atoms with van der Waals surface area (Å²) in [5.41, 5.74) is 4.29. The van der Waals surface area contributed by atoms with Gasteiger partial charge in [-0.2, -0.15) is 0 Å². The van der Waals surface area contributed by atoms with Crippen LogP contribution in [-0.4, -0.2) is 0 Å². The van der Waals surface area contributed by atoms with Crippen LogP contribution in [0.3, 0.4) is 0 Å². The maximum absolute atomic E-state index is 9.44. The first-order valence-corrected chi connectivity index (χ1v) is 15.7. The van der Waals surface area contributed by atoms with E-state index in [1.165, 1.54) is 4.90 Å². The standard InChI is InChI=1S/C46H31NO/c1-2-10-32(11-3-1)33-20-26-37(27-21-33)47(38-28-22-35(23-29-38)41-16-8-13-34-12-4-5-14-40(34)41)39-30-24-36(25-31-39)42-17-9-18-44-43-15-6-7-19-45(43)48-46(42)44/h1-31H/i20D,21D,22D,23D,26D,27D,28D,29D. The Labute approximate surface area is 291 Å². The molecule has 0 saturated heterocycles. The van der Waals surface area contributed by atoms with Gasteiger partial charge < -0.3 is 9.32 Å². The number of hydrogen-bond donors (Lipinski definition) is 0. The lowest BCUT2D eigenvalue weighted by Crippen LogP contribution is -2.09. The number of furan rings is 1. The van der Waals surface area contributed by atoms with E-state index in [0.29, 0.717) is 22.4 Å². The molecular formula is C46H31NO. The zero-order valence-corrected chi connectivity index (χ0v) is 25.6. The summed E-state index contributed by atoms with van der Waals surface area (Å²) in [7, 11) is 0. The third kappa shape index (κ3) is 4.92. The Hall–Kier alpha value is -6.38. The summed E-state index contributed by atoms with van der Waals surface area (Å²) in [6.45, 7) is 0. The van der Waals surface area contributed by atoms with Crippen molar-refractivity contribution in [1.82, 2.24) is 0 Å². The summed E-state index contributed by atoms with van der Waals surface area (Å²) in [6, 6.07) is 39.9. The number of rotatable bonds is 6. The van der Waals surface area contributed by atoms with Crippen molar-refractivity contribution >= 4 is 49.8 Å². The molecule has 48 heavy (non-hydrogen) atoms. The van der Waals surface area contributed by atoms with Crippen molar-refractivity contribution in [2.45, 2.75) is 0 Å². The molecule has 1 heterocycles. The van der Waals surface area contributed by atoms with Crippen LogP contribution in [0.25, 0.3) is 66.1 Å². The van der Waals surface area contributed by atoms with Crippen LogP contribution in [0.4, 0.5) is 17.1 Å². The Morgan fingerprint density at radius 3 is 1.73 bits per heavy atom. The van der Waals surface area contributed by atoms with E-state index in [1.807, 2.05) is 91.0 Å². The first kappa shape index (κ1) is 20.7. The normalized spacial score (nSPS) is 13.7. The highest BCUT2D eigenvalue weighted by atomic mass is 16.3. The van der Waals surface area contributed by atoms with Crippen LogP contribution in [0.5, 0.6) is 0 Å². The number of fused-ring (bicyclic) bond motifs is 4. The molecule has 0 aliphatic heterocycles. The molecule has 0 N–H and O–H groups in total. The summed E-state index contributed by atoms with van der Waals surface area (Å²) < 4.78 is 80.7. The summed E-state index contributed by atoms with van der Waals surface area (Å²) in [6.07, 6.45) is 0. The molecule has 2 heteroatoms. The molecule has 226 valence electrons. The molecule has 2 nitrogen and oxygen atoms in total. The summed E-state index contributed by atoms with van der Waals surface area (Å²) in [4.78, 5) is 1.33. The fourth-order valence-electron chi connectivity index (χ4n) is 6.30. The molecule has 0 amide bonds. The monoisotopic (exact) mass is 621 g/mol. The van der Waals surface area contributed by atoms with Crippen molar-refractivity contribution in [3.05, 3.63) is 188 Å². The second kappa shape index (κ2) is 11.8. The van der Waals surface area contributed by atoms with E-state index in [-0.39, 0.29) is 46.7 Å². The van der Waals surface area contributed by atoms with Gasteiger partial charge in [-0.1, -0.05) is 145 Å². The lowest BCUT2D eigenvalue weighted by molar-refractivity contribution is 0.670. The van der Waals surface area contributed by atoms with E-state index in [1.54, 1.807) is 48.5 Å². The van der Waals surface area contributed by atoms with Gasteiger partial charge >= 0.3 is 0 Å². The van der Waals surface area contributed by atoms with Crippen molar-refractivity contribution in [1.29, 1.82) is 0 Å². The number of hydrogen-bond acceptors (Lipinski definition) is 2. The highest BCUT2D eigenvalue weighted by Gasteiger charge is 2.16. The molecule has 0 unspecified atom stereocenters. The topological polar surface area (TPSA) is 16.4 Å². The summed E-state index contributed by atoms with van der Waals surface area (Å²) in [5, 5.41) is 3.60. The average molecular weight is 622 g/mol. The predicted octanol–water partition coefficient (Wildman–Crippen LogP) is 13.2. The van der Waals surface area contributed by atoms with E-state index in [9.17, 15) is 8.22 Å². The number of anilines is 3. The quantitative estimate of drug-likeness (QED) is 0.184. The smallest absolute Gasteiger partial charge is 0.143 e. The zero-order chi connectivity index (χ0) is 38.8. The van der Waals surface area contributed by atoms with E-state index in [0.717, 1.165) is 38.3 Å². The fourth-order valence-corrected chi connectivity index (χ4v) is 6.30. The van der Waals surface area contributed by atoms with Gasteiger partial charge in [-0.25, -0.2) is 0 Å². The minimum absolute atomic E-state index is 0.115. The van der Waals surface area contributed by atoms with E-state index < -0.39 is 24.2 Å². The first-order valence-electron chi connectivity index (χ1n) is 19.7. The van der Waals surface area contributed by atoms with E-state index in [2.05, 4.69) is 0 Å². The van der Waals surface area contributed by atoms with Crippen LogP contribution >= 0.6 is 0 Å². The van der Waals surface area contributed by atoms with Gasteiger partial charge in [0.25, 0.3) is 0 Å². The van der Waals surface area contributed by atoms with Crippen molar-refractivity contribution in [2.75, 3.05) is 4.90 Å². The number of nitrogens with zero attached hydrogens (tertiary/aromatic N) is 1. The molecule has 0 atom stereocenters. The fraction of sp³-hybridized carbons (Fsp3) is 0. The van der Waals surface area contributed by atoms with Crippen molar-refractivity contribution in [2.24, 2.45) is 0 Å². The van der Waals surface area contributed by atoms with Crippen LogP contribution in [0, 0.1) is 0 Å². The van der Waals surface area contributed by atoms with Crippen molar-refractivity contribution in [3.8, 4) is 33.4 Å². The van der Waals surface area contributed by atoms with Gasteiger partial charge in [0.1, 0.15) is 11.2 Å². The highest BCUT2D eigenvalue weighted by Crippen LogP contribution is 2.40. The van der Waals surface area contributed by atoms with Gasteiger partial charge in [-0.15, -0.1) is 0 Å². The van der Waals surface area contributed by atoms with Gasteiger partial charge in [-0.3, -0.25) is 0 Å². The Morgan fingerprint density at radius 1 is 0.375 bits per heavy atom. The van der Waals surface area contributed by atoms with Gasteiger partial charge in [0, 0.05) is 33.4 Å². The molecule has 0 fully saturated rings. The van der Waals surface area contributed by atoms with Crippen molar-refractivity contribution in [3.63, 3.8) is 0 Å². The molecule has 0 spiro atoms. The number of para-hydroxylation sites is 2. The van der Waals surface area contributed by atoms with E-state index >= 15 is 0 Å². The molecule has 8 aromatic carbocycles. The molecule has 0 radical (unpaired) electrons. The number of benzene rings is 8. The molecular weight excluding hydrogens is 583 g/mol. The van der Waals surface area contributed by atoms with Crippen LogP contribution in [-0.2, 0) is 0 Å². The third-order valence-electron chi connectivity index (χ3n) is 8.63. The maximum atomic E-state index is 9.44. The predicted molar refractivity (Wildman–Crippen MR) is 202 cm³/mol. The molecule has 1 aromatic heterocycles. The first-order chi connectivity index (χ1) is 27.2. The van der Waals surface area contributed by atoms with Gasteiger partial charge in [-0.05, 0) is 81.0 Å². The van der Waals surface area contributed by atoms with Gasteiger partial charge in [0.15, 0.2) is 0 Å². The Balaban J connectivity index is 1.28. The average Bonchev–Trinajstić information content (AvgIpc) is 3.62. The van der Waals surface area contributed by atoms with Crippen molar-refractivity contribution < 1.29 is 15.4 Å². The third-order valence-corrected chi connectivity index (χ3v) is 8.63. The highest BCUT2D eigenvalue weighted by molar-refractivity contribution is 6.09.